The molecule has 124 valence electrons. The maximum Gasteiger partial charge on any atom is 0.295 e. The predicted octanol–water partition coefficient (Wildman–Crippen LogP) is 4.63. The molecule has 0 unspecified atom stereocenters. The summed E-state index contributed by atoms with van der Waals surface area (Å²) in [6, 6.07) is 20.4. The second kappa shape index (κ2) is 6.26. The Morgan fingerprint density at radius 3 is 2.08 bits per heavy atom. The molecule has 0 saturated heterocycles. The maximum absolute atomic E-state index is 11.9. The van der Waals surface area contributed by atoms with Gasteiger partial charge in [-0.2, -0.15) is 8.42 Å². The van der Waals surface area contributed by atoms with E-state index in [0.717, 1.165) is 16.8 Å². The maximum atomic E-state index is 11.9. The summed E-state index contributed by atoms with van der Waals surface area (Å²) < 4.78 is 33.4. The zero-order valence-corrected chi connectivity index (χ0v) is 14.4. The Bertz CT molecular complexity index is 961. The van der Waals surface area contributed by atoms with E-state index in [2.05, 4.69) is 4.90 Å². The molecule has 24 heavy (non-hydrogen) atoms. The topological polar surface area (TPSA) is 57.6 Å². The van der Waals surface area contributed by atoms with Crippen LogP contribution >= 0.6 is 0 Å². The quantitative estimate of drug-likeness (QED) is 0.703. The second-order valence-corrected chi connectivity index (χ2v) is 7.30. The monoisotopic (exact) mass is 341 g/mol. The lowest BCUT2D eigenvalue weighted by atomic mass is 10.1. The molecular formula is C19H19NO3S. The van der Waals surface area contributed by atoms with E-state index in [9.17, 15) is 13.0 Å². The fraction of sp³-hybridized carbons (Fsp3) is 0.158. The molecule has 0 aromatic heterocycles. The number of hydrogen-bond donors (Lipinski definition) is 1. The molecule has 0 aliphatic heterocycles. The SMILES string of the molecule is CC(C)N(c1ccccc1)c1cccc2cccc(S(=O)(=O)O)c12. The zero-order chi connectivity index (χ0) is 17.3. The van der Waals surface area contributed by atoms with Crippen LogP contribution in [0.25, 0.3) is 10.8 Å². The minimum Gasteiger partial charge on any atom is -0.338 e. The first-order chi connectivity index (χ1) is 11.4. The Kier molecular flexibility index (Phi) is 4.30. The highest BCUT2D eigenvalue weighted by atomic mass is 32.2. The first kappa shape index (κ1) is 16.5. The molecule has 0 saturated carbocycles. The van der Waals surface area contributed by atoms with Gasteiger partial charge in [0.15, 0.2) is 0 Å². The number of benzene rings is 3. The van der Waals surface area contributed by atoms with Gasteiger partial charge in [0.2, 0.25) is 0 Å². The van der Waals surface area contributed by atoms with Gasteiger partial charge in [-0.15, -0.1) is 0 Å². The minimum absolute atomic E-state index is 0.0721. The molecule has 0 atom stereocenters. The van der Waals surface area contributed by atoms with E-state index in [4.69, 9.17) is 0 Å². The Balaban J connectivity index is 2.37. The van der Waals surface area contributed by atoms with Gasteiger partial charge in [-0.05, 0) is 43.5 Å². The summed E-state index contributed by atoms with van der Waals surface area (Å²) in [7, 11) is -4.32. The highest BCUT2D eigenvalue weighted by Gasteiger charge is 2.21. The van der Waals surface area contributed by atoms with Crippen LogP contribution in [0.2, 0.25) is 0 Å². The van der Waals surface area contributed by atoms with Crippen LogP contribution in [-0.2, 0) is 10.1 Å². The Morgan fingerprint density at radius 1 is 0.875 bits per heavy atom. The van der Waals surface area contributed by atoms with Crippen LogP contribution in [0.1, 0.15) is 13.8 Å². The van der Waals surface area contributed by atoms with Gasteiger partial charge in [0, 0.05) is 17.1 Å². The van der Waals surface area contributed by atoms with E-state index in [1.807, 2.05) is 68.4 Å². The lowest BCUT2D eigenvalue weighted by Crippen LogP contribution is -2.25. The van der Waals surface area contributed by atoms with Gasteiger partial charge in [0.25, 0.3) is 10.1 Å². The number of hydrogen-bond acceptors (Lipinski definition) is 3. The van der Waals surface area contributed by atoms with Gasteiger partial charge in [-0.3, -0.25) is 4.55 Å². The molecule has 3 rings (SSSR count). The highest BCUT2D eigenvalue weighted by Crippen LogP contribution is 2.37. The highest BCUT2D eigenvalue weighted by molar-refractivity contribution is 7.86. The van der Waals surface area contributed by atoms with Crippen molar-refractivity contribution in [2.24, 2.45) is 0 Å². The van der Waals surface area contributed by atoms with E-state index >= 15 is 0 Å². The smallest absolute Gasteiger partial charge is 0.295 e. The van der Waals surface area contributed by atoms with Crippen molar-refractivity contribution < 1.29 is 13.0 Å². The van der Waals surface area contributed by atoms with Crippen LogP contribution in [0.5, 0.6) is 0 Å². The van der Waals surface area contributed by atoms with E-state index < -0.39 is 10.1 Å². The average Bonchev–Trinajstić information content (AvgIpc) is 2.54. The molecule has 1 N–H and O–H groups in total. The van der Waals surface area contributed by atoms with Crippen LogP contribution in [0.4, 0.5) is 11.4 Å². The Labute approximate surface area is 142 Å². The first-order valence-electron chi connectivity index (χ1n) is 7.73. The number of para-hydroxylation sites is 1. The summed E-state index contributed by atoms with van der Waals surface area (Å²) in [6.45, 7) is 4.09. The predicted molar refractivity (Wildman–Crippen MR) is 97.5 cm³/mol. The van der Waals surface area contributed by atoms with Crippen LogP contribution in [0, 0.1) is 0 Å². The Hall–Kier alpha value is -2.37. The molecule has 3 aromatic carbocycles. The molecular weight excluding hydrogens is 322 g/mol. The zero-order valence-electron chi connectivity index (χ0n) is 13.5. The van der Waals surface area contributed by atoms with E-state index in [0.29, 0.717) is 5.39 Å². The van der Waals surface area contributed by atoms with Crippen molar-refractivity contribution in [3.63, 3.8) is 0 Å². The summed E-state index contributed by atoms with van der Waals surface area (Å²) in [4.78, 5) is 1.99. The molecule has 0 aliphatic rings. The molecule has 0 fully saturated rings. The third-order valence-electron chi connectivity index (χ3n) is 3.93. The minimum atomic E-state index is -4.32. The van der Waals surface area contributed by atoms with Crippen LogP contribution in [-0.4, -0.2) is 19.0 Å². The standard InChI is InChI=1S/C19H19NO3S/c1-14(2)20(16-10-4-3-5-11-16)17-12-6-8-15-9-7-13-18(19(15)17)24(21,22)23/h3-14H,1-2H3,(H,21,22,23). The summed E-state index contributed by atoms with van der Waals surface area (Å²) >= 11 is 0. The van der Waals surface area contributed by atoms with Gasteiger partial charge >= 0.3 is 0 Å². The van der Waals surface area contributed by atoms with Crippen LogP contribution < -0.4 is 4.90 Å². The lowest BCUT2D eigenvalue weighted by Gasteiger charge is -2.30. The third kappa shape index (κ3) is 3.00. The van der Waals surface area contributed by atoms with Gasteiger partial charge in [0.1, 0.15) is 4.90 Å². The van der Waals surface area contributed by atoms with Gasteiger partial charge < -0.3 is 4.90 Å². The number of anilines is 2. The summed E-state index contributed by atoms with van der Waals surface area (Å²) in [5, 5.41) is 1.30. The average molecular weight is 341 g/mol. The fourth-order valence-corrected chi connectivity index (χ4v) is 3.74. The first-order valence-corrected chi connectivity index (χ1v) is 9.17. The molecule has 5 heteroatoms. The van der Waals surface area contributed by atoms with E-state index in [-0.39, 0.29) is 10.9 Å². The van der Waals surface area contributed by atoms with Gasteiger partial charge in [-0.1, -0.05) is 42.5 Å². The summed E-state index contributed by atoms with van der Waals surface area (Å²) in [6.07, 6.45) is 0. The lowest BCUT2D eigenvalue weighted by molar-refractivity contribution is 0.484. The van der Waals surface area contributed by atoms with Crippen molar-refractivity contribution in [1.29, 1.82) is 0 Å². The van der Waals surface area contributed by atoms with Crippen molar-refractivity contribution in [1.82, 2.24) is 0 Å². The largest absolute Gasteiger partial charge is 0.338 e. The van der Waals surface area contributed by atoms with Gasteiger partial charge in [0.05, 0.1) is 5.69 Å². The molecule has 0 heterocycles. The van der Waals surface area contributed by atoms with Crippen LogP contribution in [0.15, 0.2) is 71.6 Å². The molecule has 0 aliphatic carbocycles. The molecule has 3 aromatic rings. The second-order valence-electron chi connectivity index (χ2n) is 5.91. The van der Waals surface area contributed by atoms with Crippen molar-refractivity contribution in [2.45, 2.75) is 24.8 Å². The summed E-state index contributed by atoms with van der Waals surface area (Å²) in [5.74, 6) is 0. The van der Waals surface area contributed by atoms with Crippen molar-refractivity contribution >= 4 is 32.3 Å². The van der Waals surface area contributed by atoms with Crippen molar-refractivity contribution in [2.75, 3.05) is 4.90 Å². The van der Waals surface area contributed by atoms with E-state index in [1.165, 1.54) is 6.07 Å². The normalized spacial score (nSPS) is 11.8. The molecule has 0 radical (unpaired) electrons. The fourth-order valence-electron chi connectivity index (χ4n) is 3.01. The van der Waals surface area contributed by atoms with Gasteiger partial charge in [-0.25, -0.2) is 0 Å². The Morgan fingerprint density at radius 2 is 1.50 bits per heavy atom. The molecule has 0 bridgehead atoms. The number of nitrogens with zero attached hydrogens (tertiary/aromatic N) is 1. The van der Waals surface area contributed by atoms with E-state index in [1.54, 1.807) is 6.07 Å². The third-order valence-corrected chi connectivity index (χ3v) is 4.83. The van der Waals surface area contributed by atoms with Crippen molar-refractivity contribution in [3.8, 4) is 0 Å². The number of rotatable bonds is 4. The molecule has 0 spiro atoms. The molecule has 0 amide bonds. The van der Waals surface area contributed by atoms with Crippen LogP contribution in [0.3, 0.4) is 0 Å². The summed E-state index contributed by atoms with van der Waals surface area (Å²) in [5.41, 5.74) is 1.71. The van der Waals surface area contributed by atoms with Crippen molar-refractivity contribution in [3.05, 3.63) is 66.7 Å². The number of fused-ring (bicyclic) bond motifs is 1. The molecule has 4 nitrogen and oxygen atoms in total.